The lowest BCUT2D eigenvalue weighted by molar-refractivity contribution is 0.584. The molecule has 0 aromatic rings. The Morgan fingerprint density at radius 2 is 1.07 bits per heavy atom. The van der Waals surface area contributed by atoms with Crippen molar-refractivity contribution in [1.82, 2.24) is 0 Å². The maximum atomic E-state index is 8.42. The van der Waals surface area contributed by atoms with Crippen molar-refractivity contribution in [3.63, 3.8) is 0 Å². The van der Waals surface area contributed by atoms with Crippen LogP contribution in [0.25, 0.3) is 0 Å². The maximum absolute atomic E-state index is 8.42. The van der Waals surface area contributed by atoms with Crippen LogP contribution in [0.4, 0.5) is 0 Å². The Kier molecular flexibility index (Phi) is 12.1. The fraction of sp³-hybridized carbons (Fsp3) is 0.750. The minimum atomic E-state index is 0.0370. The molecule has 84 valence electrons. The monoisotopic (exact) mass is 272 g/mol. The minimum Gasteiger partial charge on any atom is -0.494 e. The van der Waals surface area contributed by atoms with Crippen molar-refractivity contribution in [1.29, 1.82) is 0 Å². The lowest BCUT2D eigenvalue weighted by atomic mass is 10.6. The predicted molar refractivity (Wildman–Crippen MR) is 75.9 cm³/mol. The molecule has 0 aliphatic heterocycles. The summed E-state index contributed by atoms with van der Waals surface area (Å²) in [5.74, 6) is 0. The fourth-order valence-corrected chi connectivity index (χ4v) is 2.36. The highest BCUT2D eigenvalue weighted by molar-refractivity contribution is 8.23. The average molecular weight is 272 g/mol. The highest BCUT2D eigenvalue weighted by atomic mass is 32.2. The van der Waals surface area contributed by atoms with E-state index in [1.165, 1.54) is 23.5 Å². The lowest BCUT2D eigenvalue weighted by Gasteiger charge is -1.96. The van der Waals surface area contributed by atoms with Gasteiger partial charge in [-0.3, -0.25) is 0 Å². The van der Waals surface area contributed by atoms with Crippen LogP contribution in [0.3, 0.4) is 0 Å². The zero-order valence-electron chi connectivity index (χ0n) is 8.68. The molecule has 0 aromatic carbocycles. The molecule has 0 spiro atoms. The van der Waals surface area contributed by atoms with Gasteiger partial charge in [0.25, 0.3) is 0 Å². The van der Waals surface area contributed by atoms with E-state index in [1.54, 1.807) is 0 Å². The van der Waals surface area contributed by atoms with Crippen molar-refractivity contribution >= 4 is 56.7 Å². The van der Waals surface area contributed by atoms with E-state index in [2.05, 4.69) is 24.4 Å². The van der Waals surface area contributed by atoms with Crippen LogP contribution in [-0.4, -0.2) is 29.5 Å². The molecule has 2 nitrogen and oxygen atoms in total. The molecule has 0 aromatic heterocycles. The summed E-state index contributed by atoms with van der Waals surface area (Å²) in [5.41, 5.74) is 0. The molecule has 14 heavy (non-hydrogen) atoms. The van der Waals surface area contributed by atoms with Crippen molar-refractivity contribution in [3.8, 4) is 0 Å². The van der Waals surface area contributed by atoms with Crippen molar-refractivity contribution < 1.29 is 10.2 Å². The highest BCUT2D eigenvalue weighted by Gasteiger charge is 1.95. The Morgan fingerprint density at radius 1 is 0.857 bits per heavy atom. The predicted octanol–water partition coefficient (Wildman–Crippen LogP) is 3.94. The van der Waals surface area contributed by atoms with E-state index in [4.69, 9.17) is 10.2 Å². The summed E-state index contributed by atoms with van der Waals surface area (Å²) >= 11 is 11.4. The van der Waals surface area contributed by atoms with Gasteiger partial charge in [-0.25, -0.2) is 0 Å². The zero-order valence-corrected chi connectivity index (χ0v) is 11.9. The normalized spacial score (nSPS) is 9.57. The van der Waals surface area contributed by atoms with Gasteiger partial charge in [-0.2, -0.15) is 0 Å². The molecular formula is C8H16O2S4. The second-order valence-corrected chi connectivity index (χ2v) is 7.29. The van der Waals surface area contributed by atoms with Gasteiger partial charge in [0.1, 0.15) is 0 Å². The van der Waals surface area contributed by atoms with Crippen LogP contribution in [0.1, 0.15) is 27.7 Å². The first-order valence-electron chi connectivity index (χ1n) is 4.04. The van der Waals surface area contributed by atoms with E-state index >= 15 is 0 Å². The second-order valence-electron chi connectivity index (χ2n) is 2.87. The van der Waals surface area contributed by atoms with E-state index in [-0.39, 0.29) is 8.77 Å². The minimum absolute atomic E-state index is 0.0370. The quantitative estimate of drug-likeness (QED) is 0.742. The van der Waals surface area contributed by atoms with E-state index < -0.39 is 0 Å². The third-order valence-corrected chi connectivity index (χ3v) is 2.60. The summed E-state index contributed by atoms with van der Waals surface area (Å²) in [6.45, 7) is 7.92. The number of thiocarbonyl (C=S) groups is 2. The summed E-state index contributed by atoms with van der Waals surface area (Å²) in [7, 11) is 0. The van der Waals surface area contributed by atoms with E-state index in [0.29, 0.717) is 10.5 Å². The third-order valence-electron chi connectivity index (χ3n) is 0.673. The smallest absolute Gasteiger partial charge is 0.217 e. The number of aliphatic hydroxyl groups excluding tert-OH is 2. The fourth-order valence-electron chi connectivity index (χ4n) is 0.403. The summed E-state index contributed by atoms with van der Waals surface area (Å²) in [6.07, 6.45) is 0. The molecule has 0 saturated heterocycles. The third kappa shape index (κ3) is 22.9. The SMILES string of the molecule is CC(C)SC(O)=S.CC(C)SC(O)=S. The molecule has 0 heterocycles. The summed E-state index contributed by atoms with van der Waals surface area (Å²) in [6, 6.07) is 0. The second kappa shape index (κ2) is 10.0. The highest BCUT2D eigenvalue weighted by Crippen LogP contribution is 2.09. The topological polar surface area (TPSA) is 40.5 Å². The van der Waals surface area contributed by atoms with Gasteiger partial charge in [0.05, 0.1) is 0 Å². The molecule has 0 fully saturated rings. The molecule has 0 unspecified atom stereocenters. The molecule has 0 atom stereocenters. The molecule has 0 amide bonds. The van der Waals surface area contributed by atoms with E-state index in [0.717, 1.165) is 0 Å². The number of hydrogen-bond acceptors (Lipinski definition) is 4. The van der Waals surface area contributed by atoms with Crippen LogP contribution >= 0.6 is 48.0 Å². The van der Waals surface area contributed by atoms with E-state index in [1.807, 2.05) is 27.7 Å². The first-order valence-corrected chi connectivity index (χ1v) is 6.62. The molecule has 0 radical (unpaired) electrons. The number of thioether (sulfide) groups is 2. The molecule has 0 rings (SSSR count). The van der Waals surface area contributed by atoms with Crippen molar-refractivity contribution in [3.05, 3.63) is 0 Å². The Balaban J connectivity index is 0. The van der Waals surface area contributed by atoms with Gasteiger partial charge < -0.3 is 10.2 Å². The molecular weight excluding hydrogens is 256 g/mol. The Morgan fingerprint density at radius 3 is 1.07 bits per heavy atom. The Labute approximate surface area is 105 Å². The number of aliphatic hydroxyl groups is 2. The van der Waals surface area contributed by atoms with Crippen molar-refractivity contribution in [2.24, 2.45) is 0 Å². The van der Waals surface area contributed by atoms with Crippen LogP contribution < -0.4 is 0 Å². The Bertz CT molecular complexity index is 160. The molecule has 0 aliphatic rings. The van der Waals surface area contributed by atoms with Gasteiger partial charge in [-0.05, 0) is 24.4 Å². The van der Waals surface area contributed by atoms with Crippen molar-refractivity contribution in [2.75, 3.05) is 0 Å². The van der Waals surface area contributed by atoms with Crippen LogP contribution in [0.2, 0.25) is 0 Å². The number of hydrogen-bond donors (Lipinski definition) is 2. The largest absolute Gasteiger partial charge is 0.494 e. The van der Waals surface area contributed by atoms with Gasteiger partial charge in [-0.1, -0.05) is 51.2 Å². The van der Waals surface area contributed by atoms with Gasteiger partial charge >= 0.3 is 0 Å². The van der Waals surface area contributed by atoms with Crippen LogP contribution in [0.5, 0.6) is 0 Å². The van der Waals surface area contributed by atoms with Crippen LogP contribution in [-0.2, 0) is 0 Å². The first kappa shape index (κ1) is 16.9. The Hall–Kier alpha value is 0.480. The zero-order chi connectivity index (χ0) is 11.7. The van der Waals surface area contributed by atoms with Crippen LogP contribution in [0.15, 0.2) is 0 Å². The standard InChI is InChI=1S/2C4H8OS2/c2*1-3(2)7-4(5)6/h2*3H,1-2H3,(H,5,6). The molecule has 0 aliphatic carbocycles. The van der Waals surface area contributed by atoms with Gasteiger partial charge in [0.15, 0.2) is 0 Å². The molecule has 6 heteroatoms. The molecule has 0 saturated carbocycles. The average Bonchev–Trinajstić information content (AvgIpc) is 1.79. The van der Waals surface area contributed by atoms with Gasteiger partial charge in [0.2, 0.25) is 8.77 Å². The van der Waals surface area contributed by atoms with E-state index in [9.17, 15) is 0 Å². The summed E-state index contributed by atoms with van der Waals surface area (Å²) in [4.78, 5) is 0. The molecule has 0 bridgehead atoms. The molecule has 2 N–H and O–H groups in total. The maximum Gasteiger partial charge on any atom is 0.217 e. The summed E-state index contributed by atoms with van der Waals surface area (Å²) in [5, 5.41) is 17.6. The van der Waals surface area contributed by atoms with Gasteiger partial charge in [-0.15, -0.1) is 0 Å². The first-order chi connectivity index (χ1) is 6.25. The van der Waals surface area contributed by atoms with Gasteiger partial charge in [0, 0.05) is 10.5 Å². The van der Waals surface area contributed by atoms with Crippen LogP contribution in [0, 0.1) is 0 Å². The number of rotatable bonds is 2. The van der Waals surface area contributed by atoms with Crippen molar-refractivity contribution in [2.45, 2.75) is 38.2 Å². The summed E-state index contributed by atoms with van der Waals surface area (Å²) < 4.78 is 0.0741. The lowest BCUT2D eigenvalue weighted by Crippen LogP contribution is -1.91.